The third kappa shape index (κ3) is 3.56. The molecule has 0 saturated carbocycles. The van der Waals surface area contributed by atoms with Gasteiger partial charge in [-0.1, -0.05) is 0 Å². The van der Waals surface area contributed by atoms with E-state index in [1.54, 1.807) is 24.3 Å². The van der Waals surface area contributed by atoms with Crippen LogP contribution in [0.15, 0.2) is 82.0 Å². The molecule has 0 unspecified atom stereocenters. The molecule has 0 radical (unpaired) electrons. The van der Waals surface area contributed by atoms with Gasteiger partial charge in [0.25, 0.3) is 0 Å². The van der Waals surface area contributed by atoms with E-state index in [9.17, 15) is 38.6 Å². The Morgan fingerprint density at radius 1 is 0.500 bits per heavy atom. The largest absolute Gasteiger partial charge is 0.207 e. The smallest absolute Gasteiger partial charge is 0.138 e. The van der Waals surface area contributed by atoms with Gasteiger partial charge in [0.1, 0.15) is 58.7 Å². The summed E-state index contributed by atoms with van der Waals surface area (Å²) in [6, 6.07) is 12.3. The van der Waals surface area contributed by atoms with Gasteiger partial charge >= 0.3 is 0 Å². The Bertz CT molecular complexity index is 1430. The number of benzene rings is 2. The van der Waals surface area contributed by atoms with Crippen molar-refractivity contribution in [1.82, 2.24) is 0 Å². The van der Waals surface area contributed by atoms with Crippen molar-refractivity contribution in [3.05, 3.63) is 116 Å². The molecular weight excluding hydrogens is 444 g/mol. The van der Waals surface area contributed by atoms with E-state index in [0.29, 0.717) is 12.1 Å². The van der Waals surface area contributed by atoms with Crippen LogP contribution >= 0.6 is 0 Å². The van der Waals surface area contributed by atoms with Gasteiger partial charge in [-0.15, -0.1) is 0 Å². The van der Waals surface area contributed by atoms with Crippen LogP contribution in [0.1, 0.15) is 11.1 Å². The highest BCUT2D eigenvalue weighted by Crippen LogP contribution is 2.51. The summed E-state index contributed by atoms with van der Waals surface area (Å²) >= 11 is 0. The first kappa shape index (κ1) is 22.0. The maximum atomic E-state index is 13.9. The Balaban J connectivity index is 2.06. The number of rotatable bonds is 2. The molecular formula is C26H8F4N4. The number of hydrogen-bond donors (Lipinski definition) is 0. The predicted molar refractivity (Wildman–Crippen MR) is 112 cm³/mol. The molecule has 4 rings (SSSR count). The van der Waals surface area contributed by atoms with Crippen molar-refractivity contribution in [1.29, 1.82) is 21.0 Å². The molecule has 160 valence electrons. The van der Waals surface area contributed by atoms with Crippen molar-refractivity contribution >= 4 is 11.1 Å². The Hall–Kier alpha value is -5.18. The number of allylic oxidation sites excluding steroid dienone is 10. The van der Waals surface area contributed by atoms with E-state index in [0.717, 1.165) is 24.3 Å². The second-order valence-electron chi connectivity index (χ2n) is 7.21. The fourth-order valence-electron chi connectivity index (χ4n) is 3.98. The number of nitriles is 4. The molecule has 0 amide bonds. The molecule has 0 aliphatic heterocycles. The molecule has 2 aromatic carbocycles. The normalized spacial score (nSPS) is 13.9. The van der Waals surface area contributed by atoms with Crippen LogP contribution in [0.2, 0.25) is 0 Å². The summed E-state index contributed by atoms with van der Waals surface area (Å²) in [7, 11) is 0. The number of nitrogens with zero attached hydrogens (tertiary/aromatic N) is 4. The fraction of sp³-hybridized carbons (Fsp3) is 0. The first-order valence-electron chi connectivity index (χ1n) is 9.52. The average Bonchev–Trinajstić information content (AvgIpc) is 3.32. The first-order chi connectivity index (χ1) is 16.3. The Morgan fingerprint density at radius 3 is 1.06 bits per heavy atom. The molecule has 34 heavy (non-hydrogen) atoms. The molecule has 2 aliphatic rings. The van der Waals surface area contributed by atoms with Gasteiger partial charge in [0.05, 0.1) is 0 Å². The van der Waals surface area contributed by atoms with Crippen LogP contribution in [0.4, 0.5) is 17.6 Å². The van der Waals surface area contributed by atoms with Crippen molar-refractivity contribution in [3.8, 4) is 24.3 Å². The molecule has 8 heteroatoms. The van der Waals surface area contributed by atoms with Crippen molar-refractivity contribution < 1.29 is 17.6 Å². The summed E-state index contributed by atoms with van der Waals surface area (Å²) in [4.78, 5) is 0. The highest BCUT2D eigenvalue weighted by atomic mass is 19.1. The minimum Gasteiger partial charge on any atom is -0.207 e. The molecule has 0 bridgehead atoms. The molecule has 0 aromatic heterocycles. The molecule has 4 nitrogen and oxygen atoms in total. The molecule has 2 aliphatic carbocycles. The van der Waals surface area contributed by atoms with Crippen LogP contribution in [-0.4, -0.2) is 0 Å². The summed E-state index contributed by atoms with van der Waals surface area (Å²) in [5.74, 6) is -3.58. The van der Waals surface area contributed by atoms with Crippen LogP contribution in [0.25, 0.3) is 11.1 Å². The Morgan fingerprint density at radius 2 is 0.794 bits per heavy atom. The molecule has 0 N–H and O–H groups in total. The molecule has 0 saturated heterocycles. The van der Waals surface area contributed by atoms with Crippen molar-refractivity contribution in [3.63, 3.8) is 0 Å². The lowest BCUT2D eigenvalue weighted by Gasteiger charge is -2.12. The topological polar surface area (TPSA) is 95.2 Å². The Labute approximate surface area is 190 Å². The zero-order valence-electron chi connectivity index (χ0n) is 16.9. The van der Waals surface area contributed by atoms with E-state index in [1.165, 1.54) is 12.2 Å². The predicted octanol–water partition coefficient (Wildman–Crippen LogP) is 5.72. The minimum atomic E-state index is -0.894. The second-order valence-corrected chi connectivity index (χ2v) is 7.21. The summed E-state index contributed by atoms with van der Waals surface area (Å²) in [5, 5.41) is 38.2. The lowest BCUT2D eigenvalue weighted by Crippen LogP contribution is -1.97. The Kier molecular flexibility index (Phi) is 5.44. The van der Waals surface area contributed by atoms with Crippen molar-refractivity contribution in [2.24, 2.45) is 0 Å². The van der Waals surface area contributed by atoms with Crippen molar-refractivity contribution in [2.45, 2.75) is 0 Å². The molecule has 2 aromatic rings. The van der Waals surface area contributed by atoms with Crippen LogP contribution in [0, 0.1) is 68.6 Å². The van der Waals surface area contributed by atoms with Crippen LogP contribution in [0.5, 0.6) is 0 Å². The molecule has 0 atom stereocenters. The van der Waals surface area contributed by atoms with Crippen LogP contribution in [-0.2, 0) is 0 Å². The number of hydrogen-bond acceptors (Lipinski definition) is 4. The summed E-state index contributed by atoms with van der Waals surface area (Å²) in [6.45, 7) is 0. The monoisotopic (exact) mass is 452 g/mol. The summed E-state index contributed by atoms with van der Waals surface area (Å²) in [5.41, 5.74) is -0.0553. The summed E-state index contributed by atoms with van der Waals surface area (Å²) in [6.07, 6.45) is 2.77. The van der Waals surface area contributed by atoms with Gasteiger partial charge in [0, 0.05) is 23.3 Å². The summed E-state index contributed by atoms with van der Waals surface area (Å²) < 4.78 is 55.7. The minimum absolute atomic E-state index is 0.0182. The van der Waals surface area contributed by atoms with E-state index in [1.807, 2.05) is 0 Å². The molecule has 0 heterocycles. The third-order valence-electron chi connectivity index (χ3n) is 5.24. The van der Waals surface area contributed by atoms with Gasteiger partial charge in [-0.25, -0.2) is 17.6 Å². The first-order valence-corrected chi connectivity index (χ1v) is 9.52. The highest BCUT2D eigenvalue weighted by Gasteiger charge is 2.35. The van der Waals surface area contributed by atoms with Gasteiger partial charge in [-0.05, 0) is 69.8 Å². The molecule has 0 spiro atoms. The van der Waals surface area contributed by atoms with Gasteiger partial charge in [-0.3, -0.25) is 0 Å². The van der Waals surface area contributed by atoms with Crippen LogP contribution in [0.3, 0.4) is 0 Å². The van der Waals surface area contributed by atoms with E-state index in [-0.39, 0.29) is 44.6 Å². The maximum absolute atomic E-state index is 13.9. The third-order valence-corrected chi connectivity index (χ3v) is 5.24. The van der Waals surface area contributed by atoms with Crippen molar-refractivity contribution in [2.75, 3.05) is 0 Å². The number of halogens is 4. The lowest BCUT2D eigenvalue weighted by atomic mass is 9.90. The van der Waals surface area contributed by atoms with E-state index >= 15 is 0 Å². The zero-order valence-corrected chi connectivity index (χ0v) is 16.9. The van der Waals surface area contributed by atoms with E-state index < -0.39 is 34.4 Å². The average molecular weight is 452 g/mol. The highest BCUT2D eigenvalue weighted by molar-refractivity contribution is 6.05. The quantitative estimate of drug-likeness (QED) is 0.430. The van der Waals surface area contributed by atoms with Gasteiger partial charge in [0.15, 0.2) is 0 Å². The standard InChI is InChI=1S/C26H8F4N4/c27-17-1-13(2-18(28)5-17)21-7-23-24(25(21)15(9-31)10-32)8-22(26(23)16(11-33)12-34)14-3-19(29)6-20(30)4-14/h1-8H. The van der Waals surface area contributed by atoms with Gasteiger partial charge < -0.3 is 0 Å². The van der Waals surface area contributed by atoms with E-state index in [2.05, 4.69) is 0 Å². The SMILES string of the molecule is N#CC(C#N)=C1C(c2cc(F)cc(F)c2)=CC2=C1C=C(c1cc(F)cc(F)c1)C2=C(C#N)C#N. The van der Waals surface area contributed by atoms with E-state index in [4.69, 9.17) is 0 Å². The van der Waals surface area contributed by atoms with Gasteiger partial charge in [0.2, 0.25) is 0 Å². The van der Waals surface area contributed by atoms with Crippen LogP contribution < -0.4 is 0 Å². The molecule has 0 fully saturated rings. The lowest BCUT2D eigenvalue weighted by molar-refractivity contribution is 0.582. The maximum Gasteiger partial charge on any atom is 0.138 e. The second kappa shape index (κ2) is 8.40. The fourth-order valence-corrected chi connectivity index (χ4v) is 3.98. The zero-order chi connectivity index (χ0) is 24.6. The van der Waals surface area contributed by atoms with Gasteiger partial charge in [-0.2, -0.15) is 21.0 Å².